The Labute approximate surface area is 141 Å². The van der Waals surface area contributed by atoms with Crippen LogP contribution >= 0.6 is 0 Å². The standard InChI is InChI=1S/C16H22N2O5S/c1-23-12-3-2-4-13(9-12)24(21,22)18-7-5-16(6-8-18)10-14(15(19)20)17-11-16/h2-4,9,14,17H,5-8,10-11H2,1H3,(H,19,20). The number of sulfonamides is 1. The molecule has 2 N–H and O–H groups in total. The fraction of sp³-hybridized carbons (Fsp3) is 0.562. The van der Waals surface area contributed by atoms with E-state index >= 15 is 0 Å². The lowest BCUT2D eigenvalue weighted by atomic mass is 9.77. The van der Waals surface area contributed by atoms with E-state index in [4.69, 9.17) is 9.84 Å². The zero-order chi connectivity index (χ0) is 17.4. The van der Waals surface area contributed by atoms with E-state index in [9.17, 15) is 13.2 Å². The molecule has 0 aromatic heterocycles. The average molecular weight is 354 g/mol. The summed E-state index contributed by atoms with van der Waals surface area (Å²) in [5, 5.41) is 12.2. The molecule has 1 atom stereocenters. The van der Waals surface area contributed by atoms with Gasteiger partial charge < -0.3 is 15.2 Å². The molecule has 2 saturated heterocycles. The number of carboxylic acids is 1. The van der Waals surface area contributed by atoms with Crippen molar-refractivity contribution in [3.63, 3.8) is 0 Å². The summed E-state index contributed by atoms with van der Waals surface area (Å²) in [5.74, 6) is -0.327. The highest BCUT2D eigenvalue weighted by molar-refractivity contribution is 7.89. The second kappa shape index (κ2) is 6.34. The molecule has 1 aromatic carbocycles. The number of hydrogen-bond acceptors (Lipinski definition) is 5. The number of methoxy groups -OCH3 is 1. The summed E-state index contributed by atoms with van der Waals surface area (Å²) >= 11 is 0. The van der Waals surface area contributed by atoms with Gasteiger partial charge in [-0.1, -0.05) is 6.07 Å². The molecule has 2 aliphatic heterocycles. The number of rotatable bonds is 4. The van der Waals surface area contributed by atoms with Gasteiger partial charge in [-0.05, 0) is 36.8 Å². The van der Waals surface area contributed by atoms with Crippen molar-refractivity contribution >= 4 is 16.0 Å². The predicted octanol–water partition coefficient (Wildman–Crippen LogP) is 0.913. The van der Waals surface area contributed by atoms with Gasteiger partial charge in [0.15, 0.2) is 0 Å². The Morgan fingerprint density at radius 3 is 2.67 bits per heavy atom. The van der Waals surface area contributed by atoms with Crippen LogP contribution in [0.3, 0.4) is 0 Å². The molecule has 7 nitrogen and oxygen atoms in total. The smallest absolute Gasteiger partial charge is 0.320 e. The molecule has 2 fully saturated rings. The number of carbonyl (C=O) groups is 1. The van der Waals surface area contributed by atoms with Crippen LogP contribution in [0.2, 0.25) is 0 Å². The lowest BCUT2D eigenvalue weighted by Crippen LogP contribution is -2.43. The minimum atomic E-state index is -3.55. The zero-order valence-electron chi connectivity index (χ0n) is 13.6. The van der Waals surface area contributed by atoms with Crippen molar-refractivity contribution in [3.05, 3.63) is 24.3 Å². The van der Waals surface area contributed by atoms with Crippen molar-refractivity contribution in [2.75, 3.05) is 26.7 Å². The summed E-state index contributed by atoms with van der Waals surface area (Å²) in [5.41, 5.74) is -0.108. The molecule has 1 aromatic rings. The maximum atomic E-state index is 12.8. The van der Waals surface area contributed by atoms with Gasteiger partial charge in [-0.15, -0.1) is 0 Å². The van der Waals surface area contributed by atoms with Crippen LogP contribution in [0.1, 0.15) is 19.3 Å². The molecule has 2 heterocycles. The van der Waals surface area contributed by atoms with Gasteiger partial charge in [-0.2, -0.15) is 4.31 Å². The first-order chi connectivity index (χ1) is 11.4. The lowest BCUT2D eigenvalue weighted by molar-refractivity contribution is -0.139. The first-order valence-electron chi connectivity index (χ1n) is 7.97. The second-order valence-electron chi connectivity index (χ2n) is 6.56. The van der Waals surface area contributed by atoms with Gasteiger partial charge in [0.2, 0.25) is 10.0 Å². The monoisotopic (exact) mass is 354 g/mol. The molecule has 1 unspecified atom stereocenters. The molecule has 8 heteroatoms. The van der Waals surface area contributed by atoms with Crippen LogP contribution in [0.4, 0.5) is 0 Å². The number of nitrogens with one attached hydrogen (secondary N) is 1. The van der Waals surface area contributed by atoms with E-state index in [-0.39, 0.29) is 10.3 Å². The van der Waals surface area contributed by atoms with Crippen LogP contribution < -0.4 is 10.1 Å². The largest absolute Gasteiger partial charge is 0.497 e. The summed E-state index contributed by atoms with van der Waals surface area (Å²) < 4.78 is 32.2. The summed E-state index contributed by atoms with van der Waals surface area (Å²) in [6, 6.07) is 5.94. The molecule has 0 radical (unpaired) electrons. The Kier molecular flexibility index (Phi) is 4.54. The number of ether oxygens (including phenoxy) is 1. The van der Waals surface area contributed by atoms with Crippen LogP contribution in [0.5, 0.6) is 5.75 Å². The highest BCUT2D eigenvalue weighted by Crippen LogP contribution is 2.40. The third-order valence-corrected chi connectivity index (χ3v) is 7.02. The number of hydrogen-bond donors (Lipinski definition) is 2. The molecule has 24 heavy (non-hydrogen) atoms. The van der Waals surface area contributed by atoms with Crippen molar-refractivity contribution in [3.8, 4) is 5.75 Å². The Balaban J connectivity index is 1.71. The molecule has 0 amide bonds. The van der Waals surface area contributed by atoms with E-state index in [0.717, 1.165) is 0 Å². The maximum Gasteiger partial charge on any atom is 0.320 e. The van der Waals surface area contributed by atoms with Crippen LogP contribution in [0.15, 0.2) is 29.2 Å². The van der Waals surface area contributed by atoms with E-state index in [2.05, 4.69) is 5.32 Å². The SMILES string of the molecule is COc1cccc(S(=O)(=O)N2CCC3(CC2)CNC(C(=O)O)C3)c1. The summed E-state index contributed by atoms with van der Waals surface area (Å²) in [6.45, 7) is 1.46. The van der Waals surface area contributed by atoms with Gasteiger partial charge >= 0.3 is 5.97 Å². The molecular formula is C16H22N2O5S. The Hall–Kier alpha value is -1.64. The molecule has 0 bridgehead atoms. The van der Waals surface area contributed by atoms with Gasteiger partial charge in [-0.25, -0.2) is 8.42 Å². The minimum Gasteiger partial charge on any atom is -0.497 e. The minimum absolute atomic E-state index is 0.108. The molecule has 132 valence electrons. The molecule has 3 rings (SSSR count). The van der Waals surface area contributed by atoms with E-state index in [1.165, 1.54) is 17.5 Å². The fourth-order valence-electron chi connectivity index (χ4n) is 3.58. The van der Waals surface area contributed by atoms with Crippen LogP contribution in [-0.2, 0) is 14.8 Å². The van der Waals surface area contributed by atoms with Crippen molar-refractivity contribution in [2.45, 2.75) is 30.2 Å². The van der Waals surface area contributed by atoms with Crippen LogP contribution in [0.25, 0.3) is 0 Å². The van der Waals surface area contributed by atoms with Crippen LogP contribution in [-0.4, -0.2) is 56.6 Å². The van der Waals surface area contributed by atoms with Gasteiger partial charge in [0, 0.05) is 25.7 Å². The van der Waals surface area contributed by atoms with Crippen molar-refractivity contribution < 1.29 is 23.1 Å². The van der Waals surface area contributed by atoms with Gasteiger partial charge in [0.05, 0.1) is 12.0 Å². The first-order valence-corrected chi connectivity index (χ1v) is 9.41. The molecule has 2 aliphatic rings. The third kappa shape index (κ3) is 3.13. The van der Waals surface area contributed by atoms with E-state index < -0.39 is 22.0 Å². The number of piperidine rings is 1. The van der Waals surface area contributed by atoms with Crippen molar-refractivity contribution in [1.82, 2.24) is 9.62 Å². The number of benzene rings is 1. The highest BCUT2D eigenvalue weighted by Gasteiger charge is 2.45. The van der Waals surface area contributed by atoms with Gasteiger partial charge in [0.1, 0.15) is 11.8 Å². The van der Waals surface area contributed by atoms with Gasteiger partial charge in [0.25, 0.3) is 0 Å². The highest BCUT2D eigenvalue weighted by atomic mass is 32.2. The fourth-order valence-corrected chi connectivity index (χ4v) is 5.06. The molecular weight excluding hydrogens is 332 g/mol. The molecule has 0 saturated carbocycles. The maximum absolute atomic E-state index is 12.8. The van der Waals surface area contributed by atoms with E-state index in [1.807, 2.05) is 0 Å². The topological polar surface area (TPSA) is 95.9 Å². The van der Waals surface area contributed by atoms with Crippen molar-refractivity contribution in [1.29, 1.82) is 0 Å². The number of aliphatic carboxylic acids is 1. The normalized spacial score (nSPS) is 24.1. The van der Waals surface area contributed by atoms with E-state index in [1.54, 1.807) is 18.2 Å². The first kappa shape index (κ1) is 17.2. The summed E-state index contributed by atoms with van der Waals surface area (Å²) in [4.78, 5) is 11.3. The lowest BCUT2D eigenvalue weighted by Gasteiger charge is -2.38. The second-order valence-corrected chi connectivity index (χ2v) is 8.50. The Morgan fingerprint density at radius 2 is 2.08 bits per heavy atom. The summed E-state index contributed by atoms with van der Waals surface area (Å²) in [6.07, 6.45) is 1.91. The Bertz CT molecular complexity index is 726. The summed E-state index contributed by atoms with van der Waals surface area (Å²) in [7, 11) is -2.05. The molecule has 1 spiro atoms. The number of carboxylic acid groups (broad SMARTS) is 1. The average Bonchev–Trinajstić information content (AvgIpc) is 2.99. The quantitative estimate of drug-likeness (QED) is 0.834. The number of nitrogens with zero attached hydrogens (tertiary/aromatic N) is 1. The van der Waals surface area contributed by atoms with E-state index in [0.29, 0.717) is 44.6 Å². The molecule has 0 aliphatic carbocycles. The van der Waals surface area contributed by atoms with Crippen molar-refractivity contribution in [2.24, 2.45) is 5.41 Å². The van der Waals surface area contributed by atoms with Gasteiger partial charge in [-0.3, -0.25) is 4.79 Å². The third-order valence-electron chi connectivity index (χ3n) is 5.12. The zero-order valence-corrected chi connectivity index (χ0v) is 14.4. The predicted molar refractivity (Wildman–Crippen MR) is 87.5 cm³/mol. The Morgan fingerprint density at radius 1 is 1.38 bits per heavy atom. The van der Waals surface area contributed by atoms with Crippen LogP contribution in [0, 0.1) is 5.41 Å².